The molecule has 1 aromatic carbocycles. The minimum Gasteiger partial charge on any atom is -0.341 e. The fourth-order valence-electron chi connectivity index (χ4n) is 4.10. The number of hydrogen-bond donors (Lipinski definition) is 0. The molecule has 0 aliphatic carbocycles. The Morgan fingerprint density at radius 3 is 2.81 bits per heavy atom. The van der Waals surface area contributed by atoms with Crippen molar-refractivity contribution in [2.45, 2.75) is 26.3 Å². The second-order valence-electron chi connectivity index (χ2n) is 7.79. The van der Waals surface area contributed by atoms with E-state index < -0.39 is 0 Å². The Hall–Kier alpha value is -3.00. The fourth-order valence-corrected chi connectivity index (χ4v) is 4.89. The van der Waals surface area contributed by atoms with E-state index in [0.29, 0.717) is 32.6 Å². The zero-order chi connectivity index (χ0) is 21.6. The van der Waals surface area contributed by atoms with Gasteiger partial charge in [-0.15, -0.1) is 11.3 Å². The highest BCUT2D eigenvalue weighted by atomic mass is 32.1. The monoisotopic (exact) mass is 437 g/mol. The maximum Gasteiger partial charge on any atom is 0.244 e. The van der Waals surface area contributed by atoms with Gasteiger partial charge >= 0.3 is 0 Å². The zero-order valence-corrected chi connectivity index (χ0v) is 18.5. The molecular weight excluding hydrogens is 410 g/mol. The Bertz CT molecular complexity index is 1000. The van der Waals surface area contributed by atoms with Crippen LogP contribution in [0.3, 0.4) is 0 Å². The third kappa shape index (κ3) is 5.02. The second kappa shape index (κ2) is 9.87. The van der Waals surface area contributed by atoms with Crippen molar-refractivity contribution in [2.24, 2.45) is 5.92 Å². The molecule has 2 aromatic heterocycles. The molecule has 1 saturated heterocycles. The van der Waals surface area contributed by atoms with E-state index in [0.717, 1.165) is 17.5 Å². The number of nitrogens with zero attached hydrogens (tertiary/aromatic N) is 5. The smallest absolute Gasteiger partial charge is 0.244 e. The predicted octanol–water partition coefficient (Wildman–Crippen LogP) is 2.95. The van der Waals surface area contributed by atoms with E-state index in [1.165, 1.54) is 15.9 Å². The first kappa shape index (κ1) is 21.2. The molecule has 1 aliphatic rings. The Balaban J connectivity index is 1.57. The quantitative estimate of drug-likeness (QED) is 0.570. The first-order valence-corrected chi connectivity index (χ1v) is 11.5. The molecule has 7 nitrogen and oxygen atoms in total. The SMILES string of the molecule is CCCN1CCN(C(=O)Cn2cncn2)C[C@H](Cc2ccccc2-c2cccs2)C1=O. The van der Waals surface area contributed by atoms with Gasteiger partial charge in [0.15, 0.2) is 0 Å². The third-order valence-corrected chi connectivity index (χ3v) is 6.53. The summed E-state index contributed by atoms with van der Waals surface area (Å²) in [6.45, 7) is 4.47. The fraction of sp³-hybridized carbons (Fsp3) is 0.391. The first-order chi connectivity index (χ1) is 15.2. The minimum absolute atomic E-state index is 0.0341. The van der Waals surface area contributed by atoms with Crippen LogP contribution in [0.15, 0.2) is 54.4 Å². The van der Waals surface area contributed by atoms with Crippen LogP contribution in [-0.2, 0) is 22.6 Å². The lowest BCUT2D eigenvalue weighted by atomic mass is 9.93. The molecule has 1 atom stereocenters. The van der Waals surface area contributed by atoms with Gasteiger partial charge in [0, 0.05) is 31.1 Å². The largest absolute Gasteiger partial charge is 0.341 e. The van der Waals surface area contributed by atoms with Crippen LogP contribution >= 0.6 is 11.3 Å². The van der Waals surface area contributed by atoms with E-state index in [9.17, 15) is 9.59 Å². The van der Waals surface area contributed by atoms with Crippen molar-refractivity contribution in [1.82, 2.24) is 24.6 Å². The molecule has 8 heteroatoms. The van der Waals surface area contributed by atoms with Gasteiger partial charge in [0.2, 0.25) is 11.8 Å². The molecule has 0 radical (unpaired) electrons. The van der Waals surface area contributed by atoms with E-state index in [1.807, 2.05) is 28.0 Å². The van der Waals surface area contributed by atoms with E-state index >= 15 is 0 Å². The molecule has 0 spiro atoms. The Morgan fingerprint density at radius 2 is 2.06 bits per heavy atom. The summed E-state index contributed by atoms with van der Waals surface area (Å²) in [4.78, 5) is 35.2. The van der Waals surface area contributed by atoms with Gasteiger partial charge in [0.1, 0.15) is 19.2 Å². The van der Waals surface area contributed by atoms with Crippen LogP contribution in [0.5, 0.6) is 0 Å². The van der Waals surface area contributed by atoms with Crippen LogP contribution in [0.1, 0.15) is 18.9 Å². The third-order valence-electron chi connectivity index (χ3n) is 5.62. The van der Waals surface area contributed by atoms with Crippen LogP contribution < -0.4 is 0 Å². The summed E-state index contributed by atoms with van der Waals surface area (Å²) in [7, 11) is 0. The summed E-state index contributed by atoms with van der Waals surface area (Å²) in [6.07, 6.45) is 4.48. The maximum absolute atomic E-state index is 13.4. The number of carbonyl (C=O) groups is 2. The molecule has 3 heterocycles. The molecule has 0 saturated carbocycles. The van der Waals surface area contributed by atoms with Crippen molar-refractivity contribution in [3.8, 4) is 10.4 Å². The van der Waals surface area contributed by atoms with Crippen LogP contribution in [0.4, 0.5) is 0 Å². The average molecular weight is 438 g/mol. The lowest BCUT2D eigenvalue weighted by Crippen LogP contribution is -2.39. The number of thiophene rings is 1. The summed E-state index contributed by atoms with van der Waals surface area (Å²) in [5.41, 5.74) is 2.31. The number of aromatic nitrogens is 3. The summed E-state index contributed by atoms with van der Waals surface area (Å²) in [5.74, 6) is -0.165. The van der Waals surface area contributed by atoms with Crippen molar-refractivity contribution in [1.29, 1.82) is 0 Å². The Labute approximate surface area is 186 Å². The second-order valence-corrected chi connectivity index (χ2v) is 8.74. The van der Waals surface area contributed by atoms with Gasteiger partial charge < -0.3 is 9.80 Å². The van der Waals surface area contributed by atoms with Gasteiger partial charge in [-0.25, -0.2) is 9.67 Å². The Morgan fingerprint density at radius 1 is 1.19 bits per heavy atom. The highest BCUT2D eigenvalue weighted by Crippen LogP contribution is 2.30. The molecule has 0 unspecified atom stereocenters. The topological polar surface area (TPSA) is 71.3 Å². The van der Waals surface area contributed by atoms with Gasteiger partial charge in [0.05, 0.1) is 5.92 Å². The molecule has 3 aromatic rings. The minimum atomic E-state index is -0.269. The maximum atomic E-state index is 13.4. The number of amides is 2. The van der Waals surface area contributed by atoms with Gasteiger partial charge in [0.25, 0.3) is 0 Å². The van der Waals surface area contributed by atoms with E-state index in [2.05, 4.69) is 40.6 Å². The van der Waals surface area contributed by atoms with E-state index in [-0.39, 0.29) is 24.3 Å². The van der Waals surface area contributed by atoms with Crippen molar-refractivity contribution >= 4 is 23.2 Å². The van der Waals surface area contributed by atoms with Gasteiger partial charge in [-0.2, -0.15) is 5.10 Å². The summed E-state index contributed by atoms with van der Waals surface area (Å²) < 4.78 is 1.53. The van der Waals surface area contributed by atoms with Gasteiger partial charge in [-0.1, -0.05) is 37.3 Å². The lowest BCUT2D eigenvalue weighted by molar-refractivity contribution is -0.135. The molecule has 4 rings (SSSR count). The molecular formula is C23H27N5O2S. The Kier molecular flexibility index (Phi) is 6.76. The summed E-state index contributed by atoms with van der Waals surface area (Å²) >= 11 is 1.70. The highest BCUT2D eigenvalue weighted by Gasteiger charge is 2.32. The summed E-state index contributed by atoms with van der Waals surface area (Å²) in [5, 5.41) is 6.11. The van der Waals surface area contributed by atoms with Crippen LogP contribution in [0, 0.1) is 5.92 Å². The average Bonchev–Trinajstić information content (AvgIpc) is 3.46. The number of carbonyl (C=O) groups excluding carboxylic acids is 2. The lowest BCUT2D eigenvalue weighted by Gasteiger charge is -2.24. The van der Waals surface area contributed by atoms with Crippen molar-refractivity contribution in [3.05, 3.63) is 60.0 Å². The number of hydrogen-bond acceptors (Lipinski definition) is 5. The van der Waals surface area contributed by atoms with Crippen LogP contribution in [0.2, 0.25) is 0 Å². The van der Waals surface area contributed by atoms with Gasteiger partial charge in [-0.3, -0.25) is 9.59 Å². The molecule has 31 heavy (non-hydrogen) atoms. The van der Waals surface area contributed by atoms with Crippen LogP contribution in [0.25, 0.3) is 10.4 Å². The molecule has 1 fully saturated rings. The van der Waals surface area contributed by atoms with Gasteiger partial charge in [-0.05, 0) is 35.4 Å². The van der Waals surface area contributed by atoms with E-state index in [4.69, 9.17) is 0 Å². The van der Waals surface area contributed by atoms with Crippen molar-refractivity contribution < 1.29 is 9.59 Å². The summed E-state index contributed by atoms with van der Waals surface area (Å²) in [6, 6.07) is 12.4. The standard InChI is InChI=1S/C23H27N5O2S/c1-2-9-26-10-11-27(22(29)15-28-17-24-16-25-28)14-19(23(26)30)13-18-6-3-4-7-20(18)21-8-5-12-31-21/h3-8,12,16-17,19H,2,9-11,13-15H2,1H3/t19-/m0/s1. The highest BCUT2D eigenvalue weighted by molar-refractivity contribution is 7.13. The van der Waals surface area contributed by atoms with Crippen molar-refractivity contribution in [2.75, 3.05) is 26.2 Å². The molecule has 1 aliphatic heterocycles. The molecule has 2 amide bonds. The molecule has 0 N–H and O–H groups in total. The van der Waals surface area contributed by atoms with Crippen LogP contribution in [-0.4, -0.2) is 62.6 Å². The zero-order valence-electron chi connectivity index (χ0n) is 17.7. The van der Waals surface area contributed by atoms with Crippen molar-refractivity contribution in [3.63, 3.8) is 0 Å². The molecule has 0 bridgehead atoms. The number of rotatable bonds is 7. The van der Waals surface area contributed by atoms with E-state index in [1.54, 1.807) is 17.7 Å². The predicted molar refractivity (Wildman–Crippen MR) is 120 cm³/mol. The normalized spacial score (nSPS) is 17.1. The first-order valence-electron chi connectivity index (χ1n) is 10.7. The number of benzene rings is 1. The molecule has 162 valence electrons.